The van der Waals surface area contributed by atoms with Crippen molar-refractivity contribution in [1.82, 2.24) is 20.2 Å². The molecular weight excluding hydrogens is 378 g/mol. The molecule has 1 heterocycles. The molecular formula is C19H19N5O3S. The number of phenols is 1. The summed E-state index contributed by atoms with van der Waals surface area (Å²) in [5.74, 6) is -0.497. The Kier molecular flexibility index (Phi) is 5.74. The number of nitrogens with zero attached hydrogens (tertiary/aromatic N) is 4. The third kappa shape index (κ3) is 4.20. The Hall–Kier alpha value is -3.20. The zero-order valence-electron chi connectivity index (χ0n) is 15.6. The summed E-state index contributed by atoms with van der Waals surface area (Å²) in [5, 5.41) is 24.6. The molecule has 144 valence electrons. The molecule has 0 aliphatic heterocycles. The van der Waals surface area contributed by atoms with Gasteiger partial charge >= 0.3 is 0 Å². The van der Waals surface area contributed by atoms with E-state index in [1.165, 1.54) is 36.9 Å². The fourth-order valence-corrected chi connectivity index (χ4v) is 3.53. The van der Waals surface area contributed by atoms with Gasteiger partial charge in [-0.2, -0.15) is 4.68 Å². The van der Waals surface area contributed by atoms with Crippen LogP contribution in [0, 0.1) is 13.8 Å². The highest BCUT2D eigenvalue weighted by molar-refractivity contribution is 7.99. The maximum Gasteiger partial charge on any atom is 0.221 e. The molecule has 28 heavy (non-hydrogen) atoms. The van der Waals surface area contributed by atoms with E-state index >= 15 is 0 Å². The number of amides is 1. The average Bonchev–Trinajstić information content (AvgIpc) is 3.09. The molecule has 0 aliphatic carbocycles. The number of tetrazole rings is 1. The molecule has 8 nitrogen and oxygen atoms in total. The second-order valence-corrected chi connectivity index (χ2v) is 7.18. The summed E-state index contributed by atoms with van der Waals surface area (Å²) in [4.78, 5) is 23.8. The van der Waals surface area contributed by atoms with Crippen molar-refractivity contribution in [2.24, 2.45) is 0 Å². The van der Waals surface area contributed by atoms with Gasteiger partial charge in [0.2, 0.25) is 11.1 Å². The molecule has 2 N–H and O–H groups in total. The first-order chi connectivity index (χ1) is 13.4. The predicted molar refractivity (Wildman–Crippen MR) is 106 cm³/mol. The Bertz CT molecular complexity index is 1030. The molecule has 1 amide bonds. The quantitative estimate of drug-likeness (QED) is 0.374. The second-order valence-electron chi connectivity index (χ2n) is 6.24. The first-order valence-electron chi connectivity index (χ1n) is 8.48. The van der Waals surface area contributed by atoms with Gasteiger partial charge in [-0.3, -0.25) is 9.59 Å². The SMILES string of the molecule is CC(=O)Nc1cc(C(=O)CSc2nnnn2-c2c(C)cccc2C)ccc1O. The van der Waals surface area contributed by atoms with E-state index in [1.54, 1.807) is 4.68 Å². The van der Waals surface area contributed by atoms with Crippen LogP contribution >= 0.6 is 11.8 Å². The number of carbonyl (C=O) groups is 2. The third-order valence-electron chi connectivity index (χ3n) is 4.05. The van der Waals surface area contributed by atoms with Gasteiger partial charge in [0, 0.05) is 12.5 Å². The van der Waals surface area contributed by atoms with E-state index in [-0.39, 0.29) is 28.9 Å². The average molecular weight is 397 g/mol. The number of Topliss-reactive ketones (excluding diaryl/α,β-unsaturated/α-hetero) is 1. The van der Waals surface area contributed by atoms with Crippen molar-refractivity contribution >= 4 is 29.1 Å². The zero-order valence-corrected chi connectivity index (χ0v) is 16.4. The van der Waals surface area contributed by atoms with Crippen LogP contribution in [-0.2, 0) is 4.79 Å². The molecule has 0 fully saturated rings. The highest BCUT2D eigenvalue weighted by Gasteiger charge is 2.16. The molecule has 0 saturated heterocycles. The van der Waals surface area contributed by atoms with Gasteiger partial charge in [-0.25, -0.2) is 0 Å². The van der Waals surface area contributed by atoms with Gasteiger partial charge in [0.1, 0.15) is 5.75 Å². The summed E-state index contributed by atoms with van der Waals surface area (Å²) in [5.41, 5.74) is 3.52. The number of carbonyl (C=O) groups excluding carboxylic acids is 2. The molecule has 9 heteroatoms. The number of hydrogen-bond donors (Lipinski definition) is 2. The Morgan fingerprint density at radius 2 is 1.89 bits per heavy atom. The van der Waals surface area contributed by atoms with E-state index in [4.69, 9.17) is 0 Å². The van der Waals surface area contributed by atoms with Gasteiger partial charge in [-0.05, 0) is 53.6 Å². The summed E-state index contributed by atoms with van der Waals surface area (Å²) in [7, 11) is 0. The van der Waals surface area contributed by atoms with Crippen LogP contribution in [0.3, 0.4) is 0 Å². The number of nitrogens with one attached hydrogen (secondary N) is 1. The van der Waals surface area contributed by atoms with Crippen LogP contribution in [-0.4, -0.2) is 42.8 Å². The van der Waals surface area contributed by atoms with Crippen LogP contribution < -0.4 is 5.32 Å². The number of phenolic OH excluding ortho intramolecular Hbond substituents is 1. The van der Waals surface area contributed by atoms with Gasteiger partial charge in [0.25, 0.3) is 0 Å². The lowest BCUT2D eigenvalue weighted by Crippen LogP contribution is -2.09. The first kappa shape index (κ1) is 19.6. The number of benzene rings is 2. The normalized spacial score (nSPS) is 10.7. The standard InChI is InChI=1S/C19H19N5O3S/c1-11-5-4-6-12(2)18(11)24-19(21-22-23-24)28-10-17(27)14-7-8-16(26)15(9-14)20-13(3)25/h4-9,26H,10H2,1-3H3,(H,20,25). The fourth-order valence-electron chi connectivity index (χ4n) is 2.76. The van der Waals surface area contributed by atoms with Gasteiger partial charge in [0.05, 0.1) is 17.1 Å². The highest BCUT2D eigenvalue weighted by Crippen LogP contribution is 2.27. The molecule has 0 aliphatic rings. The lowest BCUT2D eigenvalue weighted by molar-refractivity contribution is -0.114. The number of aromatic hydroxyl groups is 1. The molecule has 0 radical (unpaired) electrons. The minimum atomic E-state index is -0.331. The summed E-state index contributed by atoms with van der Waals surface area (Å²) < 4.78 is 1.63. The van der Waals surface area contributed by atoms with Crippen LogP contribution in [0.1, 0.15) is 28.4 Å². The van der Waals surface area contributed by atoms with Gasteiger partial charge < -0.3 is 10.4 Å². The minimum Gasteiger partial charge on any atom is -0.506 e. The van der Waals surface area contributed by atoms with Gasteiger partial charge in [-0.1, -0.05) is 30.0 Å². The monoisotopic (exact) mass is 397 g/mol. The highest BCUT2D eigenvalue weighted by atomic mass is 32.2. The molecule has 0 saturated carbocycles. The van der Waals surface area contributed by atoms with Crippen molar-refractivity contribution in [2.75, 3.05) is 11.1 Å². The second kappa shape index (κ2) is 8.22. The number of ketones is 1. The number of rotatable bonds is 6. The maximum atomic E-state index is 12.6. The Morgan fingerprint density at radius 1 is 1.18 bits per heavy atom. The molecule has 1 aromatic heterocycles. The largest absolute Gasteiger partial charge is 0.506 e. The molecule has 2 aromatic carbocycles. The number of aromatic nitrogens is 4. The first-order valence-corrected chi connectivity index (χ1v) is 9.47. The van der Waals surface area contributed by atoms with Crippen LogP contribution in [0.25, 0.3) is 5.69 Å². The lowest BCUT2D eigenvalue weighted by Gasteiger charge is -2.10. The topological polar surface area (TPSA) is 110 Å². The maximum absolute atomic E-state index is 12.6. The van der Waals surface area contributed by atoms with Crippen molar-refractivity contribution in [3.05, 3.63) is 53.1 Å². The summed E-state index contributed by atoms with van der Waals surface area (Å²) in [6.07, 6.45) is 0. The van der Waals surface area contributed by atoms with Crippen molar-refractivity contribution < 1.29 is 14.7 Å². The van der Waals surface area contributed by atoms with Gasteiger partial charge in [-0.15, -0.1) is 5.10 Å². The van der Waals surface area contributed by atoms with Crippen molar-refractivity contribution in [3.63, 3.8) is 0 Å². The molecule has 0 spiro atoms. The predicted octanol–water partition coefficient (Wildman–Crippen LogP) is 2.92. The molecule has 0 bridgehead atoms. The third-order valence-corrected chi connectivity index (χ3v) is 4.97. The molecule has 3 aromatic rings. The van der Waals surface area contributed by atoms with Crippen molar-refractivity contribution in [1.29, 1.82) is 0 Å². The summed E-state index contributed by atoms with van der Waals surface area (Å²) in [6.45, 7) is 5.28. The fraction of sp³-hybridized carbons (Fsp3) is 0.211. The molecule has 0 atom stereocenters. The van der Waals surface area contributed by atoms with Crippen LogP contribution in [0.15, 0.2) is 41.6 Å². The summed E-state index contributed by atoms with van der Waals surface area (Å²) >= 11 is 1.22. The van der Waals surface area contributed by atoms with Crippen molar-refractivity contribution in [3.8, 4) is 11.4 Å². The van der Waals surface area contributed by atoms with E-state index in [2.05, 4.69) is 20.8 Å². The molecule has 0 unspecified atom stereocenters. The Morgan fingerprint density at radius 3 is 2.57 bits per heavy atom. The molecule has 3 rings (SSSR count). The van der Waals surface area contributed by atoms with Crippen molar-refractivity contribution in [2.45, 2.75) is 25.9 Å². The van der Waals surface area contributed by atoms with E-state index in [0.29, 0.717) is 10.7 Å². The number of hydrogen-bond acceptors (Lipinski definition) is 7. The number of aryl methyl sites for hydroxylation is 2. The van der Waals surface area contributed by atoms with E-state index < -0.39 is 0 Å². The minimum absolute atomic E-state index is 0.0987. The van der Waals surface area contributed by atoms with E-state index in [0.717, 1.165) is 16.8 Å². The Balaban J connectivity index is 1.78. The zero-order chi connectivity index (χ0) is 20.3. The number of para-hydroxylation sites is 1. The van der Waals surface area contributed by atoms with E-state index in [1.807, 2.05) is 32.0 Å². The van der Waals surface area contributed by atoms with Gasteiger partial charge in [0.15, 0.2) is 5.78 Å². The Labute approximate surface area is 166 Å². The lowest BCUT2D eigenvalue weighted by atomic mass is 10.1. The number of anilines is 1. The van der Waals surface area contributed by atoms with Crippen LogP contribution in [0.4, 0.5) is 5.69 Å². The van der Waals surface area contributed by atoms with Crippen LogP contribution in [0.5, 0.6) is 5.75 Å². The van der Waals surface area contributed by atoms with E-state index in [9.17, 15) is 14.7 Å². The van der Waals surface area contributed by atoms with Crippen LogP contribution in [0.2, 0.25) is 0 Å². The number of thioether (sulfide) groups is 1. The summed E-state index contributed by atoms with van der Waals surface area (Å²) in [6, 6.07) is 10.3. The smallest absolute Gasteiger partial charge is 0.221 e.